The summed E-state index contributed by atoms with van der Waals surface area (Å²) < 4.78 is 27.1. The normalized spacial score (nSPS) is 15.2. The summed E-state index contributed by atoms with van der Waals surface area (Å²) in [4.78, 5) is 31.4. The molecule has 0 bridgehead atoms. The van der Waals surface area contributed by atoms with Gasteiger partial charge in [0.05, 0.1) is 23.7 Å². The molecule has 0 spiro atoms. The average molecular weight is 428 g/mol. The summed E-state index contributed by atoms with van der Waals surface area (Å²) in [5.41, 5.74) is 1.53. The van der Waals surface area contributed by atoms with Gasteiger partial charge in [-0.25, -0.2) is 8.78 Å². The number of benzene rings is 2. The summed E-state index contributed by atoms with van der Waals surface area (Å²) in [6.07, 6.45) is 1.47. The molecule has 1 aromatic heterocycles. The van der Waals surface area contributed by atoms with Crippen molar-refractivity contribution in [2.45, 2.75) is 19.0 Å². The molecule has 0 radical (unpaired) electrons. The molecule has 5 nitrogen and oxygen atoms in total. The predicted octanol–water partition coefficient (Wildman–Crippen LogP) is 4.42. The smallest absolute Gasteiger partial charge is 0.260 e. The van der Waals surface area contributed by atoms with E-state index in [1.165, 1.54) is 4.90 Å². The van der Waals surface area contributed by atoms with Crippen LogP contribution in [0.4, 0.5) is 14.5 Å². The highest BCUT2D eigenvalue weighted by Gasteiger charge is 2.39. The van der Waals surface area contributed by atoms with Crippen LogP contribution < -0.4 is 10.2 Å². The second-order valence-electron chi connectivity index (χ2n) is 6.82. The van der Waals surface area contributed by atoms with Gasteiger partial charge in [-0.15, -0.1) is 0 Å². The largest absolute Gasteiger partial charge is 0.352 e. The molecule has 3 aromatic rings. The van der Waals surface area contributed by atoms with Crippen LogP contribution in [0.3, 0.4) is 0 Å². The SMILES string of the molecule is O=C(C[C@@H]1c2ncccc2C(=O)N1c1ccc(Cl)cc1)NCc1cc(F)ccc1F. The molecule has 1 N–H and O–H groups in total. The lowest BCUT2D eigenvalue weighted by Gasteiger charge is -2.24. The molecule has 2 heterocycles. The fraction of sp³-hybridized carbons (Fsp3) is 0.136. The average Bonchev–Trinajstić information content (AvgIpc) is 3.01. The van der Waals surface area contributed by atoms with Crippen LogP contribution in [0.15, 0.2) is 60.8 Å². The molecule has 0 unspecified atom stereocenters. The molecule has 0 saturated carbocycles. The summed E-state index contributed by atoms with van der Waals surface area (Å²) in [5, 5.41) is 3.11. The number of hydrogen-bond acceptors (Lipinski definition) is 3. The van der Waals surface area contributed by atoms with Gasteiger partial charge in [-0.1, -0.05) is 11.6 Å². The number of rotatable bonds is 5. The molecule has 30 heavy (non-hydrogen) atoms. The van der Waals surface area contributed by atoms with Crippen molar-refractivity contribution in [1.29, 1.82) is 0 Å². The van der Waals surface area contributed by atoms with Gasteiger partial charge in [-0.3, -0.25) is 19.5 Å². The molecule has 1 atom stereocenters. The zero-order valence-electron chi connectivity index (χ0n) is 15.6. The van der Waals surface area contributed by atoms with Gasteiger partial charge in [0.1, 0.15) is 11.6 Å². The van der Waals surface area contributed by atoms with Crippen LogP contribution >= 0.6 is 11.6 Å². The number of nitrogens with one attached hydrogen (secondary N) is 1. The maximum atomic E-state index is 13.8. The molecule has 2 amide bonds. The van der Waals surface area contributed by atoms with Crippen LogP contribution in [0.25, 0.3) is 0 Å². The lowest BCUT2D eigenvalue weighted by molar-refractivity contribution is -0.121. The van der Waals surface area contributed by atoms with Crippen molar-refractivity contribution in [2.75, 3.05) is 4.90 Å². The maximum Gasteiger partial charge on any atom is 0.260 e. The summed E-state index contributed by atoms with van der Waals surface area (Å²) in [7, 11) is 0. The van der Waals surface area contributed by atoms with E-state index >= 15 is 0 Å². The number of fused-ring (bicyclic) bond motifs is 1. The Labute approximate surface area is 176 Å². The van der Waals surface area contributed by atoms with E-state index in [0.717, 1.165) is 18.2 Å². The van der Waals surface area contributed by atoms with Crippen molar-refractivity contribution in [3.63, 3.8) is 0 Å². The molecular formula is C22H16ClF2N3O2. The molecule has 0 saturated heterocycles. The Morgan fingerprint density at radius 3 is 2.67 bits per heavy atom. The van der Waals surface area contributed by atoms with E-state index in [1.54, 1.807) is 42.6 Å². The highest BCUT2D eigenvalue weighted by molar-refractivity contribution is 6.30. The minimum atomic E-state index is -0.632. The van der Waals surface area contributed by atoms with Crippen LogP contribution in [0.2, 0.25) is 5.02 Å². The minimum Gasteiger partial charge on any atom is -0.352 e. The van der Waals surface area contributed by atoms with Gasteiger partial charge in [0.25, 0.3) is 5.91 Å². The Kier molecular flexibility index (Phi) is 5.46. The topological polar surface area (TPSA) is 62.3 Å². The van der Waals surface area contributed by atoms with Crippen LogP contribution in [0, 0.1) is 11.6 Å². The van der Waals surface area contributed by atoms with Gasteiger partial charge in [-0.05, 0) is 54.6 Å². The molecular weight excluding hydrogens is 412 g/mol. The first kappa shape index (κ1) is 20.0. The zero-order chi connectivity index (χ0) is 21.3. The lowest BCUT2D eigenvalue weighted by Crippen LogP contribution is -2.33. The molecule has 0 aliphatic carbocycles. The Bertz CT molecular complexity index is 1120. The second-order valence-corrected chi connectivity index (χ2v) is 7.26. The summed E-state index contributed by atoms with van der Waals surface area (Å²) in [5.74, 6) is -1.89. The Morgan fingerprint density at radius 1 is 1.13 bits per heavy atom. The van der Waals surface area contributed by atoms with Crippen LogP contribution in [-0.4, -0.2) is 16.8 Å². The van der Waals surface area contributed by atoms with Crippen LogP contribution in [0.5, 0.6) is 0 Å². The van der Waals surface area contributed by atoms with Gasteiger partial charge >= 0.3 is 0 Å². The summed E-state index contributed by atoms with van der Waals surface area (Å²) in [6, 6.07) is 12.4. The van der Waals surface area contributed by atoms with Crippen LogP contribution in [0.1, 0.15) is 34.1 Å². The first-order chi connectivity index (χ1) is 14.4. The van der Waals surface area contributed by atoms with E-state index in [9.17, 15) is 18.4 Å². The number of halogens is 3. The second kappa shape index (κ2) is 8.20. The van der Waals surface area contributed by atoms with E-state index in [0.29, 0.717) is 22.0 Å². The molecule has 2 aromatic carbocycles. The molecule has 152 valence electrons. The number of carbonyl (C=O) groups is 2. The van der Waals surface area contributed by atoms with Gasteiger partial charge in [0.2, 0.25) is 5.91 Å². The highest BCUT2D eigenvalue weighted by Crippen LogP contribution is 2.38. The molecule has 4 rings (SSSR count). The number of aromatic nitrogens is 1. The summed E-state index contributed by atoms with van der Waals surface area (Å²) in [6.45, 7) is -0.168. The Morgan fingerprint density at radius 2 is 1.90 bits per heavy atom. The zero-order valence-corrected chi connectivity index (χ0v) is 16.4. The fourth-order valence-corrected chi connectivity index (χ4v) is 3.59. The van der Waals surface area contributed by atoms with E-state index in [2.05, 4.69) is 10.3 Å². The summed E-state index contributed by atoms with van der Waals surface area (Å²) >= 11 is 5.95. The van der Waals surface area contributed by atoms with Gasteiger partial charge < -0.3 is 5.32 Å². The Balaban J connectivity index is 1.56. The highest BCUT2D eigenvalue weighted by atomic mass is 35.5. The fourth-order valence-electron chi connectivity index (χ4n) is 3.46. The first-order valence-electron chi connectivity index (χ1n) is 9.18. The molecule has 1 aliphatic heterocycles. The maximum absolute atomic E-state index is 13.8. The molecule has 1 aliphatic rings. The standard InChI is InChI=1S/C22H16ClF2N3O2/c23-14-3-6-16(7-4-14)28-19(21-17(22(28)30)2-1-9-26-21)11-20(29)27-12-13-10-15(24)5-8-18(13)25/h1-10,19H,11-12H2,(H,27,29)/t19-/m1/s1. The third-order valence-corrected chi connectivity index (χ3v) is 5.13. The monoisotopic (exact) mass is 427 g/mol. The van der Waals surface area contributed by atoms with Crippen LogP contribution in [-0.2, 0) is 11.3 Å². The van der Waals surface area contributed by atoms with Crippen molar-refractivity contribution >= 4 is 29.1 Å². The predicted molar refractivity (Wildman–Crippen MR) is 108 cm³/mol. The quantitative estimate of drug-likeness (QED) is 0.655. The van der Waals surface area contributed by atoms with E-state index in [-0.39, 0.29) is 24.4 Å². The Hall–Kier alpha value is -3.32. The third kappa shape index (κ3) is 3.89. The van der Waals surface area contributed by atoms with Crippen molar-refractivity contribution < 1.29 is 18.4 Å². The minimum absolute atomic E-state index is 0.0407. The van der Waals surface area contributed by atoms with Crippen molar-refractivity contribution in [3.05, 3.63) is 94.3 Å². The van der Waals surface area contributed by atoms with Gasteiger partial charge in [-0.2, -0.15) is 0 Å². The number of amides is 2. The van der Waals surface area contributed by atoms with Gasteiger partial charge in [0.15, 0.2) is 0 Å². The number of anilines is 1. The number of nitrogens with zero attached hydrogens (tertiary/aromatic N) is 2. The number of hydrogen-bond donors (Lipinski definition) is 1. The van der Waals surface area contributed by atoms with Crippen molar-refractivity contribution in [2.24, 2.45) is 0 Å². The first-order valence-corrected chi connectivity index (χ1v) is 9.56. The molecule has 0 fully saturated rings. The van der Waals surface area contributed by atoms with Gasteiger partial charge in [0, 0.05) is 29.0 Å². The third-order valence-electron chi connectivity index (χ3n) is 4.88. The number of pyridine rings is 1. The van der Waals surface area contributed by atoms with Crippen molar-refractivity contribution in [1.82, 2.24) is 10.3 Å². The van der Waals surface area contributed by atoms with Crippen molar-refractivity contribution in [3.8, 4) is 0 Å². The van der Waals surface area contributed by atoms with E-state index in [1.807, 2.05) is 0 Å². The molecule has 8 heteroatoms. The van der Waals surface area contributed by atoms with E-state index in [4.69, 9.17) is 11.6 Å². The number of carbonyl (C=O) groups excluding carboxylic acids is 2. The lowest BCUT2D eigenvalue weighted by atomic mass is 10.1. The van der Waals surface area contributed by atoms with E-state index < -0.39 is 23.6 Å².